The second-order valence-corrected chi connectivity index (χ2v) is 10.9. The Labute approximate surface area is 161 Å². The van der Waals surface area contributed by atoms with Crippen molar-refractivity contribution in [3.05, 3.63) is 16.9 Å². The van der Waals surface area contributed by atoms with Crippen molar-refractivity contribution in [2.75, 3.05) is 0 Å². The van der Waals surface area contributed by atoms with E-state index in [0.29, 0.717) is 11.9 Å². The fourth-order valence-corrected chi connectivity index (χ4v) is 6.25. The SMILES string of the molecule is C.Cc1nnc(SSc2n[nH]c(=S)s2)s1.S=c1[nH][nH]c(=S)s1. The maximum Gasteiger partial charge on any atom is 0.185 e. The van der Waals surface area contributed by atoms with Gasteiger partial charge in [-0.05, 0) is 65.2 Å². The molecule has 22 heavy (non-hydrogen) atoms. The molecule has 0 fully saturated rings. The van der Waals surface area contributed by atoms with Crippen LogP contribution in [0.4, 0.5) is 0 Å². The fraction of sp³-hybridized carbons (Fsp3) is 0.250. The van der Waals surface area contributed by atoms with E-state index in [2.05, 4.69) is 30.6 Å². The molecule has 0 aromatic carbocycles. The average molecular weight is 447 g/mol. The minimum absolute atomic E-state index is 0. The van der Waals surface area contributed by atoms with Crippen LogP contribution in [0, 0.1) is 18.8 Å². The summed E-state index contributed by atoms with van der Waals surface area (Å²) < 4.78 is 3.94. The molecule has 3 rings (SSSR count). The molecule has 3 heterocycles. The quantitative estimate of drug-likeness (QED) is 0.351. The van der Waals surface area contributed by atoms with Crippen LogP contribution in [0.25, 0.3) is 0 Å². The minimum atomic E-state index is 0. The second-order valence-electron chi connectivity index (χ2n) is 3.06. The fourth-order valence-electron chi connectivity index (χ4n) is 0.873. The summed E-state index contributed by atoms with van der Waals surface area (Å²) in [5.41, 5.74) is 0. The largest absolute Gasteiger partial charge is 0.281 e. The topological polar surface area (TPSA) is 86.0 Å². The van der Waals surface area contributed by atoms with E-state index in [-0.39, 0.29) is 7.43 Å². The third-order valence-corrected chi connectivity index (χ3v) is 7.73. The van der Waals surface area contributed by atoms with Crippen molar-refractivity contribution in [2.45, 2.75) is 23.0 Å². The van der Waals surface area contributed by atoms with Gasteiger partial charge in [-0.25, -0.2) is 0 Å². The Hall–Kier alpha value is 0.0400. The van der Waals surface area contributed by atoms with Gasteiger partial charge in [0.25, 0.3) is 0 Å². The highest BCUT2D eigenvalue weighted by Gasteiger charge is 2.04. The zero-order valence-corrected chi connectivity index (χ0v) is 16.6. The summed E-state index contributed by atoms with van der Waals surface area (Å²) in [6.45, 7) is 1.94. The van der Waals surface area contributed by atoms with E-state index >= 15 is 0 Å². The summed E-state index contributed by atoms with van der Waals surface area (Å²) in [7, 11) is 3.09. The van der Waals surface area contributed by atoms with Crippen molar-refractivity contribution >= 4 is 92.3 Å². The van der Waals surface area contributed by atoms with Crippen LogP contribution in [0.2, 0.25) is 0 Å². The van der Waals surface area contributed by atoms with Crippen molar-refractivity contribution in [2.24, 2.45) is 0 Å². The third-order valence-electron chi connectivity index (χ3n) is 1.56. The molecule has 0 radical (unpaired) electrons. The Morgan fingerprint density at radius 3 is 1.91 bits per heavy atom. The lowest BCUT2D eigenvalue weighted by Crippen LogP contribution is -1.69. The van der Waals surface area contributed by atoms with Gasteiger partial charge in [0.1, 0.15) is 5.01 Å². The predicted octanol–water partition coefficient (Wildman–Crippen LogP) is 5.66. The molecule has 0 saturated heterocycles. The lowest BCUT2D eigenvalue weighted by Gasteiger charge is -1.87. The minimum Gasteiger partial charge on any atom is -0.281 e. The Morgan fingerprint density at radius 2 is 1.50 bits per heavy atom. The Bertz CT molecular complexity index is 824. The number of H-pyrrole nitrogens is 3. The first-order valence-electron chi connectivity index (χ1n) is 5.01. The van der Waals surface area contributed by atoms with Crippen LogP contribution in [-0.4, -0.2) is 30.6 Å². The van der Waals surface area contributed by atoms with Gasteiger partial charge in [-0.2, -0.15) is 5.10 Å². The molecular formula is C8H10N6S8. The molecule has 0 aliphatic heterocycles. The summed E-state index contributed by atoms with van der Waals surface area (Å²) in [4.78, 5) is 0. The maximum atomic E-state index is 4.92. The van der Waals surface area contributed by atoms with Gasteiger partial charge in [0.2, 0.25) is 0 Å². The van der Waals surface area contributed by atoms with Gasteiger partial charge in [-0.1, -0.05) is 41.4 Å². The van der Waals surface area contributed by atoms with E-state index in [9.17, 15) is 0 Å². The van der Waals surface area contributed by atoms with Gasteiger partial charge in [-0.3, -0.25) is 15.3 Å². The highest BCUT2D eigenvalue weighted by atomic mass is 33.1. The third kappa shape index (κ3) is 7.08. The molecule has 0 bridgehead atoms. The molecule has 0 spiro atoms. The average Bonchev–Trinajstić information content (AvgIpc) is 3.12. The van der Waals surface area contributed by atoms with Gasteiger partial charge in [0, 0.05) is 0 Å². The lowest BCUT2D eigenvalue weighted by atomic mass is 10.9. The number of aromatic amines is 3. The first kappa shape index (κ1) is 20.1. The molecule has 0 unspecified atom stereocenters. The number of aromatic nitrogens is 6. The summed E-state index contributed by atoms with van der Waals surface area (Å²) in [5.74, 6) is 0. The van der Waals surface area contributed by atoms with Crippen molar-refractivity contribution < 1.29 is 0 Å². The molecule has 14 heteroatoms. The lowest BCUT2D eigenvalue weighted by molar-refractivity contribution is 0.986. The molecule has 0 aliphatic carbocycles. The maximum absolute atomic E-state index is 4.92. The molecule has 0 atom stereocenters. The van der Waals surface area contributed by atoms with E-state index in [1.165, 1.54) is 22.7 Å². The summed E-state index contributed by atoms with van der Waals surface area (Å²) >= 11 is 18.7. The Balaban J connectivity index is 0.000000258. The summed E-state index contributed by atoms with van der Waals surface area (Å²) in [6, 6.07) is 0. The summed E-state index contributed by atoms with van der Waals surface area (Å²) in [6.07, 6.45) is 0. The Morgan fingerprint density at radius 1 is 0.864 bits per heavy atom. The van der Waals surface area contributed by atoms with E-state index in [4.69, 9.17) is 36.7 Å². The number of rotatable bonds is 3. The van der Waals surface area contributed by atoms with Crippen LogP contribution >= 0.6 is 92.3 Å². The molecule has 0 aliphatic rings. The molecule has 3 aromatic heterocycles. The van der Waals surface area contributed by atoms with Gasteiger partial charge in [0.05, 0.1) is 0 Å². The van der Waals surface area contributed by atoms with Crippen LogP contribution in [-0.2, 0) is 0 Å². The number of nitrogens with zero attached hydrogens (tertiary/aromatic N) is 3. The normalized spacial score (nSPS) is 9.68. The molecule has 0 saturated carbocycles. The number of nitrogens with one attached hydrogen (secondary N) is 3. The molecule has 0 amide bonds. The van der Waals surface area contributed by atoms with Crippen LogP contribution in [0.3, 0.4) is 0 Å². The van der Waals surface area contributed by atoms with Crippen LogP contribution in [0.15, 0.2) is 8.68 Å². The number of hydrogen-bond acceptors (Lipinski definition) is 11. The number of hydrogen-bond donors (Lipinski definition) is 3. The van der Waals surface area contributed by atoms with Crippen LogP contribution in [0.1, 0.15) is 12.4 Å². The zero-order valence-electron chi connectivity index (χ0n) is 10.1. The second kappa shape index (κ2) is 10.0. The van der Waals surface area contributed by atoms with Crippen molar-refractivity contribution in [3.63, 3.8) is 0 Å². The first-order chi connectivity index (χ1) is 10.0. The Kier molecular flexibility index (Phi) is 9.15. The van der Waals surface area contributed by atoms with Gasteiger partial charge in [0.15, 0.2) is 20.5 Å². The van der Waals surface area contributed by atoms with Crippen LogP contribution in [0.5, 0.6) is 0 Å². The number of aryl methyl sites for hydroxylation is 1. The first-order valence-corrected chi connectivity index (χ1v) is 10.8. The van der Waals surface area contributed by atoms with Crippen molar-refractivity contribution in [1.82, 2.24) is 30.6 Å². The standard InChI is InChI=1S/C5H4N4S5.C2H2N2S3.CH4/c1-2-6-8-4(11-2)13-14-5-9-7-3(10)12-5;5-1-3-4-2(6)7-1;/h1H3,(H,7,10);(H,3,5)(H,4,6);1H4. The zero-order chi connectivity index (χ0) is 15.2. The van der Waals surface area contributed by atoms with E-state index in [0.717, 1.165) is 13.7 Å². The molecule has 120 valence electrons. The molecule has 6 nitrogen and oxygen atoms in total. The molecule has 3 aromatic rings. The van der Waals surface area contributed by atoms with E-state index in [1.807, 2.05) is 6.92 Å². The van der Waals surface area contributed by atoms with E-state index < -0.39 is 0 Å². The smallest absolute Gasteiger partial charge is 0.185 e. The van der Waals surface area contributed by atoms with Crippen molar-refractivity contribution in [1.29, 1.82) is 0 Å². The summed E-state index contributed by atoms with van der Waals surface area (Å²) in [5, 5.41) is 21.0. The monoisotopic (exact) mass is 446 g/mol. The predicted molar refractivity (Wildman–Crippen MR) is 105 cm³/mol. The van der Waals surface area contributed by atoms with Gasteiger partial charge in [-0.15, -0.1) is 10.2 Å². The van der Waals surface area contributed by atoms with E-state index in [1.54, 1.807) is 32.9 Å². The van der Waals surface area contributed by atoms with Crippen LogP contribution < -0.4 is 0 Å². The van der Waals surface area contributed by atoms with Crippen molar-refractivity contribution in [3.8, 4) is 0 Å². The highest BCUT2D eigenvalue weighted by Crippen LogP contribution is 2.39. The van der Waals surface area contributed by atoms with Gasteiger partial charge < -0.3 is 0 Å². The molecule has 3 N–H and O–H groups in total. The molecular weight excluding hydrogens is 437 g/mol. The highest BCUT2D eigenvalue weighted by molar-refractivity contribution is 8.77. The van der Waals surface area contributed by atoms with Gasteiger partial charge >= 0.3 is 0 Å².